The van der Waals surface area contributed by atoms with Crippen LogP contribution in [0.1, 0.15) is 62.5 Å². The molecule has 1 aliphatic heterocycles. The van der Waals surface area contributed by atoms with E-state index in [0.717, 1.165) is 37.2 Å². The van der Waals surface area contributed by atoms with Crippen LogP contribution in [0.2, 0.25) is 20.3 Å². The van der Waals surface area contributed by atoms with E-state index in [0.29, 0.717) is 12.2 Å². The third-order valence-electron chi connectivity index (χ3n) is 13.5. The maximum atomic E-state index is 8.29. The third-order valence-corrected chi connectivity index (χ3v) is 29.9. The Kier molecular flexibility index (Phi) is 8.33. The molecule has 11 rings (SSSR count). The molecule has 4 atom stereocenters. The second-order valence-electron chi connectivity index (χ2n) is 17.6. The number of hydrogen-bond donors (Lipinski definition) is 0. The molecule has 0 radical (unpaired) electrons. The first-order valence-corrected chi connectivity index (χ1v) is 32.7. The number of halogens is 2. The Bertz CT molecular complexity index is 2480. The second-order valence-corrected chi connectivity index (χ2v) is 36.5. The van der Waals surface area contributed by atoms with E-state index in [1.807, 2.05) is 0 Å². The van der Waals surface area contributed by atoms with Crippen LogP contribution in [0.5, 0.6) is 11.5 Å². The van der Waals surface area contributed by atoms with Gasteiger partial charge in [0.05, 0.1) is 0 Å². The summed E-state index contributed by atoms with van der Waals surface area (Å²) >= 11 is -4.22. The predicted octanol–water partition coefficient (Wildman–Crippen LogP) is 14.3. The molecule has 4 aromatic carbocycles. The van der Waals surface area contributed by atoms with E-state index >= 15 is 0 Å². The fraction of sp³-hybridized carbons (Fsp3) is 0.280. The molecule has 7 aliphatic rings. The summed E-state index contributed by atoms with van der Waals surface area (Å²) in [5.41, 5.74) is 11.0. The Morgan fingerprint density at radius 1 is 0.589 bits per heavy atom. The number of benzene rings is 4. The van der Waals surface area contributed by atoms with Crippen molar-refractivity contribution in [3.63, 3.8) is 0 Å². The average Bonchev–Trinajstić information content (AvgIpc) is 4.11. The summed E-state index contributed by atoms with van der Waals surface area (Å²) in [6.07, 6.45) is 23.7. The van der Waals surface area contributed by atoms with E-state index in [4.69, 9.17) is 26.5 Å². The summed E-state index contributed by atoms with van der Waals surface area (Å²) in [6, 6.07) is 26.9. The summed E-state index contributed by atoms with van der Waals surface area (Å²) in [4.78, 5) is 0. The van der Waals surface area contributed by atoms with Crippen molar-refractivity contribution < 1.29 is 27.4 Å². The molecule has 2 fully saturated rings. The van der Waals surface area contributed by atoms with Gasteiger partial charge in [-0.25, -0.2) is 0 Å². The van der Waals surface area contributed by atoms with E-state index in [2.05, 4.69) is 148 Å². The van der Waals surface area contributed by atoms with Crippen LogP contribution in [0.25, 0.3) is 21.5 Å². The van der Waals surface area contributed by atoms with Crippen molar-refractivity contribution in [2.75, 3.05) is 0 Å². The van der Waals surface area contributed by atoms with Crippen LogP contribution in [-0.4, -0.2) is 20.3 Å². The van der Waals surface area contributed by atoms with Crippen molar-refractivity contribution in [1.82, 2.24) is 0 Å². The number of ether oxygens (including phenoxy) is 2. The fourth-order valence-corrected chi connectivity index (χ4v) is 30.5. The zero-order valence-corrected chi connectivity index (χ0v) is 37.4. The Labute approximate surface area is 343 Å². The van der Waals surface area contributed by atoms with Gasteiger partial charge in [0.25, 0.3) is 0 Å². The van der Waals surface area contributed by atoms with Gasteiger partial charge in [0.15, 0.2) is 0 Å². The Hall–Kier alpha value is -3.40. The minimum absolute atomic E-state index is 0.0568. The molecule has 56 heavy (non-hydrogen) atoms. The molecule has 4 unspecified atom stereocenters. The van der Waals surface area contributed by atoms with Gasteiger partial charge in [0, 0.05) is 0 Å². The zero-order chi connectivity index (χ0) is 38.1. The minimum atomic E-state index is -4.22. The third kappa shape index (κ3) is 5.49. The molecule has 1 heterocycles. The monoisotopic (exact) mass is 866 g/mol. The van der Waals surface area contributed by atoms with Crippen LogP contribution in [0.3, 0.4) is 0 Å². The van der Waals surface area contributed by atoms with Crippen LogP contribution < -0.4 is 9.47 Å². The molecule has 2 nitrogen and oxygen atoms in total. The van der Waals surface area contributed by atoms with Crippen molar-refractivity contribution >= 4 is 46.6 Å². The van der Waals surface area contributed by atoms with Gasteiger partial charge in [-0.3, -0.25) is 0 Å². The zero-order valence-electron chi connectivity index (χ0n) is 32.4. The number of allylic oxidation sites excluding steroid dienone is 16. The molecule has 6 heteroatoms. The summed E-state index contributed by atoms with van der Waals surface area (Å²) in [7, 11) is 14.1. The summed E-state index contributed by atoms with van der Waals surface area (Å²) in [5.74, 6) is 2.12. The van der Waals surface area contributed by atoms with Crippen molar-refractivity contribution in [3.05, 3.63) is 176 Å². The second kappa shape index (κ2) is 13.1. The normalized spacial score (nSPS) is 27.1. The Balaban J connectivity index is 1.10. The van der Waals surface area contributed by atoms with Gasteiger partial charge in [-0.15, -0.1) is 0 Å². The van der Waals surface area contributed by atoms with Crippen molar-refractivity contribution in [3.8, 4) is 11.5 Å². The molecule has 0 spiro atoms. The quantitative estimate of drug-likeness (QED) is 0.180. The van der Waals surface area contributed by atoms with Gasteiger partial charge < -0.3 is 0 Å². The SMILES string of the molecule is CC1=C2C3=C(C=CC=CC3c3cc(OC4CC4)c4ccccc4c3)[CH]1[Zr]([Cl])([Cl])[CH]1C(C)=C(C3=C1C=CC=CC3c1cc(OC3CC3)c3ccccc3c1)[Si]2(C)C. The molecule has 2 saturated carbocycles. The van der Waals surface area contributed by atoms with Gasteiger partial charge in [-0.2, -0.15) is 0 Å². The maximum absolute atomic E-state index is 8.29. The molecule has 0 aromatic heterocycles. The van der Waals surface area contributed by atoms with Crippen molar-refractivity contribution in [2.24, 2.45) is 0 Å². The van der Waals surface area contributed by atoms with Gasteiger partial charge in [0.2, 0.25) is 0 Å². The van der Waals surface area contributed by atoms with E-state index in [1.54, 1.807) is 10.4 Å². The van der Waals surface area contributed by atoms with Gasteiger partial charge in [0.1, 0.15) is 0 Å². The number of rotatable bonds is 6. The van der Waals surface area contributed by atoms with E-state index in [1.165, 1.54) is 66.1 Å². The first-order valence-electron chi connectivity index (χ1n) is 20.5. The standard InChI is InChI=1S/C50H46O2Si.2ClH.Zr/c1-31-25-35-15-7-11-19-43(37-27-33-13-5-9-17-41(33)45(29-37)51-39-21-22-39)47(35)49(31)53(3,4)50-32(2)26-36-16-8-12-20-44(48(36)50)38-28-34-14-6-10-18-42(34)46(30-38)52-40-23-24-40;;;/h5-20,25-30,39-40,43-44H,21-24H2,1-4H3;2*1H;/q;;;+2/p-2. The molecule has 4 bridgehead atoms. The topological polar surface area (TPSA) is 18.5 Å². The molecule has 280 valence electrons. The fourth-order valence-electron chi connectivity index (χ4n) is 11.1. The van der Waals surface area contributed by atoms with E-state index in [9.17, 15) is 0 Å². The van der Waals surface area contributed by atoms with Crippen LogP contribution in [0.15, 0.2) is 165 Å². The number of fused-ring (bicyclic) bond motifs is 8. The first kappa shape index (κ1) is 35.7. The van der Waals surface area contributed by atoms with Crippen LogP contribution in [-0.2, 0) is 17.9 Å². The summed E-state index contributed by atoms with van der Waals surface area (Å²) in [5, 5.41) is 7.92. The molecular weight excluding hydrogens is 823 g/mol. The molecule has 0 amide bonds. The van der Waals surface area contributed by atoms with Crippen LogP contribution in [0, 0.1) is 0 Å². The van der Waals surface area contributed by atoms with E-state index in [-0.39, 0.29) is 19.1 Å². The van der Waals surface area contributed by atoms with Crippen LogP contribution >= 0.6 is 17.0 Å². The Morgan fingerprint density at radius 2 is 1.02 bits per heavy atom. The number of hydrogen-bond acceptors (Lipinski definition) is 2. The van der Waals surface area contributed by atoms with Gasteiger partial charge in [-0.05, 0) is 0 Å². The molecule has 4 aromatic rings. The molecular formula is C50H46Cl2O2SiZr. The van der Waals surface area contributed by atoms with Crippen molar-refractivity contribution in [2.45, 2.75) is 83.9 Å². The molecule has 0 N–H and O–H groups in total. The van der Waals surface area contributed by atoms with Gasteiger partial charge in [-0.1, -0.05) is 0 Å². The van der Waals surface area contributed by atoms with Crippen LogP contribution in [0.4, 0.5) is 0 Å². The van der Waals surface area contributed by atoms with Gasteiger partial charge >= 0.3 is 346 Å². The summed E-state index contributed by atoms with van der Waals surface area (Å²) in [6.45, 7) is 10.0. The predicted molar refractivity (Wildman–Crippen MR) is 233 cm³/mol. The Morgan fingerprint density at radius 3 is 1.45 bits per heavy atom. The van der Waals surface area contributed by atoms with Crippen molar-refractivity contribution in [1.29, 1.82) is 0 Å². The van der Waals surface area contributed by atoms with E-state index < -0.39 is 26.0 Å². The molecule has 6 aliphatic carbocycles. The first-order chi connectivity index (χ1) is 27.1. The average molecular weight is 869 g/mol. The summed E-state index contributed by atoms with van der Waals surface area (Å²) < 4.78 is 13.4. The molecule has 0 saturated heterocycles.